The number of hydrazone groups is 1. The number of nitrogens with zero attached hydrogens (tertiary/aromatic N) is 1. The summed E-state index contributed by atoms with van der Waals surface area (Å²) >= 11 is 5.78. The molecular weight excluding hydrogens is 300 g/mol. The van der Waals surface area contributed by atoms with Crippen molar-refractivity contribution in [3.63, 3.8) is 0 Å². The van der Waals surface area contributed by atoms with Crippen molar-refractivity contribution in [1.29, 1.82) is 0 Å². The van der Waals surface area contributed by atoms with E-state index in [4.69, 9.17) is 16.3 Å². The summed E-state index contributed by atoms with van der Waals surface area (Å²) in [6.45, 7) is 3.91. The molecule has 22 heavy (non-hydrogen) atoms. The Labute approximate surface area is 134 Å². The Hall–Kier alpha value is -2.33. The number of carbonyl (C=O) groups excluding carboxylic acids is 1. The molecule has 0 radical (unpaired) electrons. The van der Waals surface area contributed by atoms with Gasteiger partial charge in [0.2, 0.25) is 0 Å². The van der Waals surface area contributed by atoms with Crippen LogP contribution in [0.15, 0.2) is 53.6 Å². The standard InChI is InChI=1S/C17H17ClN2O2/c1-12(2)22-16-6-4-3-5-14(16)11-19-20-17(21)13-7-9-15(18)10-8-13/h3-12H,1-2H3,(H,20,21)/b19-11+. The summed E-state index contributed by atoms with van der Waals surface area (Å²) in [7, 11) is 0. The Kier molecular flexibility index (Phi) is 5.55. The van der Waals surface area contributed by atoms with E-state index >= 15 is 0 Å². The maximum Gasteiger partial charge on any atom is 0.271 e. The molecule has 2 aromatic rings. The van der Waals surface area contributed by atoms with E-state index in [1.54, 1.807) is 30.5 Å². The molecule has 0 fully saturated rings. The lowest BCUT2D eigenvalue weighted by Gasteiger charge is -2.11. The van der Waals surface area contributed by atoms with Crippen LogP contribution in [-0.2, 0) is 0 Å². The number of halogens is 1. The maximum atomic E-state index is 11.9. The van der Waals surface area contributed by atoms with Gasteiger partial charge in [0, 0.05) is 16.1 Å². The van der Waals surface area contributed by atoms with E-state index in [1.807, 2.05) is 38.1 Å². The molecule has 0 aliphatic rings. The molecule has 0 heterocycles. The predicted molar refractivity (Wildman–Crippen MR) is 88.7 cm³/mol. The molecule has 0 aliphatic carbocycles. The fraction of sp³-hybridized carbons (Fsp3) is 0.176. The Balaban J connectivity index is 2.03. The van der Waals surface area contributed by atoms with E-state index in [1.165, 1.54) is 0 Å². The van der Waals surface area contributed by atoms with Gasteiger partial charge < -0.3 is 4.74 Å². The molecule has 0 bridgehead atoms. The lowest BCUT2D eigenvalue weighted by Crippen LogP contribution is -2.17. The number of carbonyl (C=O) groups is 1. The largest absolute Gasteiger partial charge is 0.490 e. The molecule has 0 saturated carbocycles. The molecule has 1 N–H and O–H groups in total. The lowest BCUT2D eigenvalue weighted by molar-refractivity contribution is 0.0955. The molecule has 0 aliphatic heterocycles. The molecule has 0 unspecified atom stereocenters. The summed E-state index contributed by atoms with van der Waals surface area (Å²) in [6.07, 6.45) is 1.63. The predicted octanol–water partition coefficient (Wildman–Crippen LogP) is 3.89. The molecule has 0 saturated heterocycles. The first-order valence-electron chi connectivity index (χ1n) is 6.91. The highest BCUT2D eigenvalue weighted by molar-refractivity contribution is 6.30. The highest BCUT2D eigenvalue weighted by Crippen LogP contribution is 2.17. The molecule has 1 amide bonds. The van der Waals surface area contributed by atoms with Gasteiger partial charge in [-0.15, -0.1) is 0 Å². The first kappa shape index (κ1) is 16.0. The molecule has 4 nitrogen and oxygen atoms in total. The first-order valence-corrected chi connectivity index (χ1v) is 7.28. The number of hydrogen-bond donors (Lipinski definition) is 1. The van der Waals surface area contributed by atoms with Gasteiger partial charge in [-0.25, -0.2) is 5.43 Å². The van der Waals surface area contributed by atoms with E-state index in [-0.39, 0.29) is 12.0 Å². The zero-order valence-corrected chi connectivity index (χ0v) is 13.2. The van der Waals surface area contributed by atoms with Crippen molar-refractivity contribution in [3.05, 3.63) is 64.7 Å². The average Bonchev–Trinajstić information content (AvgIpc) is 2.49. The number of benzene rings is 2. The van der Waals surface area contributed by atoms with Crippen molar-refractivity contribution in [2.45, 2.75) is 20.0 Å². The van der Waals surface area contributed by atoms with Crippen molar-refractivity contribution in [1.82, 2.24) is 5.43 Å². The topological polar surface area (TPSA) is 50.7 Å². The third-order valence-corrected chi connectivity index (χ3v) is 3.01. The van der Waals surface area contributed by atoms with Crippen molar-refractivity contribution >= 4 is 23.7 Å². The van der Waals surface area contributed by atoms with Crippen LogP contribution < -0.4 is 10.2 Å². The van der Waals surface area contributed by atoms with Gasteiger partial charge >= 0.3 is 0 Å². The van der Waals surface area contributed by atoms with Crippen molar-refractivity contribution < 1.29 is 9.53 Å². The summed E-state index contributed by atoms with van der Waals surface area (Å²) in [4.78, 5) is 11.9. The smallest absolute Gasteiger partial charge is 0.271 e. The first-order chi connectivity index (χ1) is 10.6. The fourth-order valence-electron chi connectivity index (χ4n) is 1.77. The zero-order chi connectivity index (χ0) is 15.9. The molecular formula is C17H17ClN2O2. The van der Waals surface area contributed by atoms with Gasteiger partial charge in [-0.2, -0.15) is 5.10 Å². The SMILES string of the molecule is CC(C)Oc1ccccc1/C=N/NC(=O)c1ccc(Cl)cc1. The van der Waals surface area contributed by atoms with Crippen LogP contribution >= 0.6 is 11.6 Å². The van der Waals surface area contributed by atoms with Crippen LogP contribution in [0.2, 0.25) is 5.02 Å². The molecule has 2 rings (SSSR count). The highest BCUT2D eigenvalue weighted by Gasteiger charge is 2.05. The van der Waals surface area contributed by atoms with Gasteiger partial charge in [0.05, 0.1) is 12.3 Å². The quantitative estimate of drug-likeness (QED) is 0.672. The summed E-state index contributed by atoms with van der Waals surface area (Å²) < 4.78 is 5.68. The van der Waals surface area contributed by atoms with Crippen molar-refractivity contribution in [2.75, 3.05) is 0 Å². The number of rotatable bonds is 5. The van der Waals surface area contributed by atoms with Gasteiger partial charge in [-0.05, 0) is 50.2 Å². The lowest BCUT2D eigenvalue weighted by atomic mass is 10.2. The second kappa shape index (κ2) is 7.61. The average molecular weight is 317 g/mol. The number of amides is 1. The molecule has 0 spiro atoms. The Bertz CT molecular complexity index is 667. The Morgan fingerprint density at radius 2 is 1.86 bits per heavy atom. The summed E-state index contributed by atoms with van der Waals surface area (Å²) in [6, 6.07) is 14.1. The molecule has 114 valence electrons. The van der Waals surface area contributed by atoms with E-state index in [9.17, 15) is 4.79 Å². The van der Waals surface area contributed by atoms with Gasteiger partial charge in [-0.1, -0.05) is 23.7 Å². The number of para-hydroxylation sites is 1. The van der Waals surface area contributed by atoms with Crippen LogP contribution in [0.1, 0.15) is 29.8 Å². The van der Waals surface area contributed by atoms with Gasteiger partial charge in [0.25, 0.3) is 5.91 Å². The van der Waals surface area contributed by atoms with E-state index in [0.717, 1.165) is 11.3 Å². The fourth-order valence-corrected chi connectivity index (χ4v) is 1.90. The van der Waals surface area contributed by atoms with Gasteiger partial charge in [0.15, 0.2) is 0 Å². The van der Waals surface area contributed by atoms with Crippen LogP contribution in [0, 0.1) is 0 Å². The summed E-state index contributed by atoms with van der Waals surface area (Å²) in [5.74, 6) is 0.428. The third kappa shape index (κ3) is 4.60. The minimum atomic E-state index is -0.296. The second-order valence-electron chi connectivity index (χ2n) is 4.91. The van der Waals surface area contributed by atoms with Gasteiger partial charge in [0.1, 0.15) is 5.75 Å². The van der Waals surface area contributed by atoms with Gasteiger partial charge in [-0.3, -0.25) is 4.79 Å². The van der Waals surface area contributed by atoms with Crippen LogP contribution in [0.3, 0.4) is 0 Å². The maximum absolute atomic E-state index is 11.9. The Morgan fingerprint density at radius 3 is 2.55 bits per heavy atom. The Morgan fingerprint density at radius 1 is 1.18 bits per heavy atom. The number of nitrogens with one attached hydrogen (secondary N) is 1. The zero-order valence-electron chi connectivity index (χ0n) is 12.4. The van der Waals surface area contributed by atoms with Crippen LogP contribution in [-0.4, -0.2) is 18.2 Å². The van der Waals surface area contributed by atoms with Crippen LogP contribution in [0.4, 0.5) is 0 Å². The second-order valence-corrected chi connectivity index (χ2v) is 5.35. The summed E-state index contributed by atoms with van der Waals surface area (Å²) in [5, 5.41) is 4.55. The number of hydrogen-bond acceptors (Lipinski definition) is 3. The minimum absolute atomic E-state index is 0.0678. The third-order valence-electron chi connectivity index (χ3n) is 2.76. The van der Waals surface area contributed by atoms with Crippen molar-refractivity contribution in [2.24, 2.45) is 5.10 Å². The normalized spacial score (nSPS) is 10.9. The number of ether oxygens (including phenoxy) is 1. The monoisotopic (exact) mass is 316 g/mol. The summed E-state index contributed by atoms with van der Waals surface area (Å²) in [5.41, 5.74) is 3.77. The molecule has 5 heteroatoms. The van der Waals surface area contributed by atoms with E-state index in [2.05, 4.69) is 10.5 Å². The molecule has 0 aromatic heterocycles. The highest BCUT2D eigenvalue weighted by atomic mass is 35.5. The van der Waals surface area contributed by atoms with Crippen LogP contribution in [0.25, 0.3) is 0 Å². The minimum Gasteiger partial charge on any atom is -0.490 e. The van der Waals surface area contributed by atoms with Crippen LogP contribution in [0.5, 0.6) is 5.75 Å². The van der Waals surface area contributed by atoms with Crippen molar-refractivity contribution in [3.8, 4) is 5.75 Å². The van der Waals surface area contributed by atoms with E-state index in [0.29, 0.717) is 10.6 Å². The molecule has 0 atom stereocenters. The van der Waals surface area contributed by atoms with E-state index < -0.39 is 0 Å². The molecule has 2 aromatic carbocycles.